The lowest BCUT2D eigenvalue weighted by atomic mass is 10.0. The van der Waals surface area contributed by atoms with Gasteiger partial charge in [0, 0.05) is 6.54 Å². The Hall–Kier alpha value is -1.59. The first-order valence-corrected chi connectivity index (χ1v) is 11.5. The Morgan fingerprint density at radius 2 is 1.27 bits per heavy atom. The second-order valence-corrected chi connectivity index (χ2v) is 8.01. The maximum atomic E-state index is 13.8. The zero-order valence-electron chi connectivity index (χ0n) is 18.3. The molecule has 0 radical (unpaired) electrons. The second-order valence-electron chi connectivity index (χ2n) is 8.01. The Morgan fingerprint density at radius 1 is 0.800 bits per heavy atom. The number of carbonyl (C=O) groups is 1. The zero-order chi connectivity index (χ0) is 22.2. The normalized spacial score (nSPS) is 11.6. The summed E-state index contributed by atoms with van der Waals surface area (Å²) in [5.74, 6) is -2.15. The third kappa shape index (κ3) is 11.0. The van der Waals surface area contributed by atoms with Gasteiger partial charge in [-0.15, -0.1) is 0 Å². The molecule has 0 aliphatic heterocycles. The van der Waals surface area contributed by atoms with Crippen molar-refractivity contribution in [2.75, 3.05) is 6.54 Å². The average Bonchev–Trinajstić information content (AvgIpc) is 2.69. The van der Waals surface area contributed by atoms with Crippen molar-refractivity contribution in [3.63, 3.8) is 0 Å². The molecule has 0 fully saturated rings. The van der Waals surface area contributed by atoms with Crippen LogP contribution in [-0.4, -0.2) is 12.5 Å². The molecule has 1 amide bonds. The van der Waals surface area contributed by atoms with Crippen LogP contribution in [0, 0.1) is 5.82 Å². The molecule has 0 saturated carbocycles. The number of carbonyl (C=O) groups excluding carboxylic acids is 1. The van der Waals surface area contributed by atoms with Crippen molar-refractivity contribution in [2.24, 2.45) is 0 Å². The Bertz CT molecular complexity index is 601. The lowest BCUT2D eigenvalue weighted by Crippen LogP contribution is -2.28. The number of nitrogens with one attached hydrogen (secondary N) is 1. The molecule has 1 aromatic rings. The lowest BCUT2D eigenvalue weighted by Gasteiger charge is -2.13. The number of benzene rings is 1. The largest absolute Gasteiger partial charge is 0.417 e. The van der Waals surface area contributed by atoms with E-state index >= 15 is 0 Å². The molecule has 0 aliphatic carbocycles. The topological polar surface area (TPSA) is 29.1 Å². The fraction of sp³-hybridized carbons (Fsp3) is 0.708. The highest BCUT2D eigenvalue weighted by Crippen LogP contribution is 2.33. The van der Waals surface area contributed by atoms with Gasteiger partial charge in [-0.25, -0.2) is 4.39 Å². The molecule has 0 aliphatic rings. The maximum absolute atomic E-state index is 13.8. The van der Waals surface area contributed by atoms with Crippen LogP contribution in [0.25, 0.3) is 0 Å². The van der Waals surface area contributed by atoms with Crippen molar-refractivity contribution >= 4 is 5.91 Å². The summed E-state index contributed by atoms with van der Waals surface area (Å²) in [5, 5.41) is 2.42. The number of alkyl halides is 3. The molecule has 172 valence electrons. The molecule has 0 aromatic heterocycles. The molecule has 0 atom stereocenters. The highest BCUT2D eigenvalue weighted by molar-refractivity contribution is 5.96. The first-order valence-electron chi connectivity index (χ1n) is 11.5. The molecule has 0 heterocycles. The standard InChI is InChI=1S/C24H37F4NO/c1-2-3-4-5-6-7-8-9-10-11-12-13-14-15-19-29-23(30)22-20(24(26,27)28)17-16-18-21(22)25/h16-18H,2-15,19H2,1H3,(H,29,30). The summed E-state index contributed by atoms with van der Waals surface area (Å²) in [4.78, 5) is 12.0. The summed E-state index contributed by atoms with van der Waals surface area (Å²) < 4.78 is 52.7. The predicted molar refractivity (Wildman–Crippen MR) is 114 cm³/mol. The number of rotatable bonds is 16. The molecule has 1 aromatic carbocycles. The molecular weight excluding hydrogens is 394 g/mol. The highest BCUT2D eigenvalue weighted by atomic mass is 19.4. The third-order valence-corrected chi connectivity index (χ3v) is 5.36. The van der Waals surface area contributed by atoms with E-state index in [1.165, 1.54) is 64.2 Å². The van der Waals surface area contributed by atoms with Gasteiger partial charge in [-0.3, -0.25) is 4.79 Å². The van der Waals surface area contributed by atoms with Gasteiger partial charge in [-0.05, 0) is 18.6 Å². The van der Waals surface area contributed by atoms with Gasteiger partial charge in [-0.2, -0.15) is 13.2 Å². The monoisotopic (exact) mass is 431 g/mol. The second kappa shape index (κ2) is 15.2. The van der Waals surface area contributed by atoms with Crippen LogP contribution in [0.4, 0.5) is 17.6 Å². The minimum atomic E-state index is -4.76. The van der Waals surface area contributed by atoms with Gasteiger partial charge < -0.3 is 5.32 Å². The van der Waals surface area contributed by atoms with E-state index in [4.69, 9.17) is 0 Å². The number of unbranched alkanes of at least 4 members (excludes halogenated alkanes) is 13. The van der Waals surface area contributed by atoms with Crippen molar-refractivity contribution in [3.05, 3.63) is 35.1 Å². The van der Waals surface area contributed by atoms with Crippen LogP contribution in [-0.2, 0) is 6.18 Å². The molecule has 1 rings (SSSR count). The van der Waals surface area contributed by atoms with E-state index in [2.05, 4.69) is 12.2 Å². The fourth-order valence-electron chi connectivity index (χ4n) is 3.60. The third-order valence-electron chi connectivity index (χ3n) is 5.36. The van der Waals surface area contributed by atoms with Crippen LogP contribution in [0.2, 0.25) is 0 Å². The first-order chi connectivity index (χ1) is 14.4. The SMILES string of the molecule is CCCCCCCCCCCCCCCCNC(=O)c1c(F)cccc1C(F)(F)F. The summed E-state index contributed by atoms with van der Waals surface area (Å²) in [6.45, 7) is 2.48. The van der Waals surface area contributed by atoms with E-state index in [9.17, 15) is 22.4 Å². The predicted octanol–water partition coefficient (Wildman–Crippen LogP) is 8.06. The molecule has 30 heavy (non-hydrogen) atoms. The van der Waals surface area contributed by atoms with Gasteiger partial charge in [0.2, 0.25) is 0 Å². The van der Waals surface area contributed by atoms with Crippen molar-refractivity contribution in [2.45, 2.75) is 103 Å². The van der Waals surface area contributed by atoms with Crippen LogP contribution < -0.4 is 5.32 Å². The van der Waals surface area contributed by atoms with Gasteiger partial charge in [-0.1, -0.05) is 96.5 Å². The number of amides is 1. The van der Waals surface area contributed by atoms with Gasteiger partial charge in [0.05, 0.1) is 11.1 Å². The molecule has 0 bridgehead atoms. The summed E-state index contributed by atoms with van der Waals surface area (Å²) >= 11 is 0. The smallest absolute Gasteiger partial charge is 0.352 e. The Balaban J connectivity index is 2.07. The van der Waals surface area contributed by atoms with Crippen molar-refractivity contribution in [1.29, 1.82) is 0 Å². The van der Waals surface area contributed by atoms with Crippen LogP contribution in [0.15, 0.2) is 18.2 Å². The van der Waals surface area contributed by atoms with Crippen LogP contribution in [0.5, 0.6) is 0 Å². The van der Waals surface area contributed by atoms with Crippen LogP contribution >= 0.6 is 0 Å². The maximum Gasteiger partial charge on any atom is 0.417 e. The van der Waals surface area contributed by atoms with Crippen LogP contribution in [0.3, 0.4) is 0 Å². The van der Waals surface area contributed by atoms with Crippen molar-refractivity contribution in [1.82, 2.24) is 5.32 Å². The Kier molecular flexibility index (Phi) is 13.4. The van der Waals surface area contributed by atoms with Gasteiger partial charge in [0.25, 0.3) is 5.91 Å². The molecular formula is C24H37F4NO. The zero-order valence-corrected chi connectivity index (χ0v) is 18.3. The van der Waals surface area contributed by atoms with E-state index in [0.29, 0.717) is 6.42 Å². The van der Waals surface area contributed by atoms with Crippen molar-refractivity contribution < 1.29 is 22.4 Å². The molecule has 0 saturated heterocycles. The minimum Gasteiger partial charge on any atom is -0.352 e. The molecule has 0 spiro atoms. The van der Waals surface area contributed by atoms with E-state index in [-0.39, 0.29) is 6.54 Å². The van der Waals surface area contributed by atoms with Crippen LogP contribution in [0.1, 0.15) is 113 Å². The molecule has 1 N–H and O–H groups in total. The van der Waals surface area contributed by atoms with Crippen molar-refractivity contribution in [3.8, 4) is 0 Å². The minimum absolute atomic E-state index is 0.252. The first kappa shape index (κ1) is 26.4. The van der Waals surface area contributed by atoms with Gasteiger partial charge >= 0.3 is 6.18 Å². The summed E-state index contributed by atoms with van der Waals surface area (Å²) in [5.41, 5.74) is -2.16. The molecule has 2 nitrogen and oxygen atoms in total. The van der Waals surface area contributed by atoms with Gasteiger partial charge in [0.1, 0.15) is 5.82 Å². The van der Waals surface area contributed by atoms with E-state index in [0.717, 1.165) is 37.5 Å². The average molecular weight is 432 g/mol. The lowest BCUT2D eigenvalue weighted by molar-refractivity contribution is -0.138. The quantitative estimate of drug-likeness (QED) is 0.208. The molecule has 6 heteroatoms. The summed E-state index contributed by atoms with van der Waals surface area (Å²) in [7, 11) is 0. The van der Waals surface area contributed by atoms with E-state index in [1.807, 2.05) is 0 Å². The molecule has 0 unspecified atom stereocenters. The van der Waals surface area contributed by atoms with E-state index in [1.54, 1.807) is 0 Å². The Labute approximate surface area is 178 Å². The fourth-order valence-corrected chi connectivity index (χ4v) is 3.60. The number of halogens is 4. The number of hydrogen-bond donors (Lipinski definition) is 1. The number of hydrogen-bond acceptors (Lipinski definition) is 1. The summed E-state index contributed by atoms with van der Waals surface area (Å²) in [6.07, 6.45) is 12.1. The highest BCUT2D eigenvalue weighted by Gasteiger charge is 2.36. The summed E-state index contributed by atoms with van der Waals surface area (Å²) in [6, 6.07) is 2.56. The Morgan fingerprint density at radius 3 is 1.73 bits per heavy atom. The van der Waals surface area contributed by atoms with Gasteiger partial charge in [0.15, 0.2) is 0 Å². The van der Waals surface area contributed by atoms with E-state index < -0.39 is 29.0 Å².